The van der Waals surface area contributed by atoms with Gasteiger partial charge in [0.15, 0.2) is 0 Å². The maximum atomic E-state index is 12.1. The summed E-state index contributed by atoms with van der Waals surface area (Å²) in [5.41, 5.74) is -0.830. The first-order valence-corrected chi connectivity index (χ1v) is 5.31. The van der Waals surface area contributed by atoms with Crippen LogP contribution in [0.4, 0.5) is 0 Å². The zero-order valence-corrected chi connectivity index (χ0v) is 9.75. The lowest BCUT2D eigenvalue weighted by Gasteiger charge is -2.41. The Bertz CT molecular complexity index is 427. The molecular formula is C9H14N6O2. The van der Waals surface area contributed by atoms with E-state index < -0.39 is 5.54 Å². The normalized spacial score (nSPS) is 18.9. The van der Waals surface area contributed by atoms with Crippen molar-refractivity contribution in [3.63, 3.8) is 0 Å². The van der Waals surface area contributed by atoms with Crippen molar-refractivity contribution in [1.82, 2.24) is 30.4 Å². The molecule has 8 nitrogen and oxygen atoms in total. The average Bonchev–Trinajstić information content (AvgIpc) is 2.74. The number of hydrogen-bond acceptors (Lipinski definition) is 5. The SMILES string of the molecule is CC1(C)C(=O)NCCN1C(=O)Cn1cnnn1. The molecule has 0 radical (unpaired) electrons. The van der Waals surface area contributed by atoms with Gasteiger partial charge in [0, 0.05) is 13.1 Å². The molecule has 0 saturated carbocycles. The Hall–Kier alpha value is -1.99. The van der Waals surface area contributed by atoms with Crippen LogP contribution >= 0.6 is 0 Å². The molecule has 2 heterocycles. The minimum absolute atomic E-state index is 0.0453. The fourth-order valence-corrected chi connectivity index (χ4v) is 1.81. The molecule has 1 saturated heterocycles. The van der Waals surface area contributed by atoms with Crippen molar-refractivity contribution < 1.29 is 9.59 Å². The van der Waals surface area contributed by atoms with Gasteiger partial charge in [-0.05, 0) is 24.3 Å². The topological polar surface area (TPSA) is 93.0 Å². The predicted octanol–water partition coefficient (Wildman–Crippen LogP) is -1.59. The van der Waals surface area contributed by atoms with E-state index in [0.29, 0.717) is 13.1 Å². The van der Waals surface area contributed by atoms with Crippen LogP contribution in [-0.2, 0) is 16.1 Å². The fraction of sp³-hybridized carbons (Fsp3) is 0.667. The molecule has 8 heteroatoms. The summed E-state index contributed by atoms with van der Waals surface area (Å²) in [6.45, 7) is 4.46. The lowest BCUT2D eigenvalue weighted by molar-refractivity contribution is -0.149. The quantitative estimate of drug-likeness (QED) is 0.670. The average molecular weight is 238 g/mol. The number of piperazine rings is 1. The van der Waals surface area contributed by atoms with Crippen LogP contribution in [0.25, 0.3) is 0 Å². The number of aromatic nitrogens is 4. The third kappa shape index (κ3) is 2.10. The van der Waals surface area contributed by atoms with Gasteiger partial charge in [0.05, 0.1) is 0 Å². The second kappa shape index (κ2) is 4.11. The van der Waals surface area contributed by atoms with Gasteiger partial charge >= 0.3 is 0 Å². The zero-order chi connectivity index (χ0) is 12.5. The standard InChI is InChI=1S/C9H14N6O2/c1-9(2)8(17)10-3-4-15(9)7(16)5-14-6-11-12-13-14/h6H,3-5H2,1-2H3,(H,10,17). The highest BCUT2D eigenvalue weighted by Gasteiger charge is 2.40. The van der Waals surface area contributed by atoms with Crippen molar-refractivity contribution in [3.05, 3.63) is 6.33 Å². The molecule has 2 rings (SSSR count). The summed E-state index contributed by atoms with van der Waals surface area (Å²) in [7, 11) is 0. The fourth-order valence-electron chi connectivity index (χ4n) is 1.81. The molecule has 0 aromatic carbocycles. The number of nitrogens with one attached hydrogen (secondary N) is 1. The highest BCUT2D eigenvalue weighted by molar-refractivity contribution is 5.91. The Morgan fingerprint density at radius 2 is 2.35 bits per heavy atom. The van der Waals surface area contributed by atoms with E-state index in [9.17, 15) is 9.59 Å². The molecule has 1 aromatic heterocycles. The molecule has 2 amide bonds. The first-order valence-electron chi connectivity index (χ1n) is 5.31. The van der Waals surface area contributed by atoms with Crippen LogP contribution < -0.4 is 5.32 Å². The van der Waals surface area contributed by atoms with Crippen LogP contribution in [-0.4, -0.2) is 55.5 Å². The largest absolute Gasteiger partial charge is 0.352 e. The third-order valence-electron chi connectivity index (χ3n) is 2.84. The van der Waals surface area contributed by atoms with Crippen molar-refractivity contribution in [2.45, 2.75) is 25.9 Å². The van der Waals surface area contributed by atoms with Gasteiger partial charge in [-0.25, -0.2) is 4.68 Å². The van der Waals surface area contributed by atoms with Crippen LogP contribution in [0.2, 0.25) is 0 Å². The number of rotatable bonds is 2. The highest BCUT2D eigenvalue weighted by Crippen LogP contribution is 2.17. The molecule has 1 aromatic rings. The van der Waals surface area contributed by atoms with Gasteiger partial charge in [0.1, 0.15) is 18.4 Å². The zero-order valence-electron chi connectivity index (χ0n) is 9.75. The molecule has 92 valence electrons. The summed E-state index contributed by atoms with van der Waals surface area (Å²) < 4.78 is 1.34. The number of amides is 2. The van der Waals surface area contributed by atoms with E-state index in [1.807, 2.05) is 0 Å². The van der Waals surface area contributed by atoms with Crippen LogP contribution in [0, 0.1) is 0 Å². The van der Waals surface area contributed by atoms with Gasteiger partial charge in [0.2, 0.25) is 11.8 Å². The Morgan fingerprint density at radius 3 is 3.00 bits per heavy atom. The van der Waals surface area contributed by atoms with Gasteiger partial charge < -0.3 is 10.2 Å². The van der Waals surface area contributed by atoms with Crippen LogP contribution in [0.1, 0.15) is 13.8 Å². The smallest absolute Gasteiger partial charge is 0.245 e. The van der Waals surface area contributed by atoms with E-state index >= 15 is 0 Å². The molecule has 1 aliphatic heterocycles. The van der Waals surface area contributed by atoms with Gasteiger partial charge in [-0.2, -0.15) is 0 Å². The predicted molar refractivity (Wildman–Crippen MR) is 56.6 cm³/mol. The number of hydrogen-bond donors (Lipinski definition) is 1. The van der Waals surface area contributed by atoms with Crippen molar-refractivity contribution >= 4 is 11.8 Å². The Labute approximate surface area is 98.0 Å². The maximum Gasteiger partial charge on any atom is 0.245 e. The summed E-state index contributed by atoms with van der Waals surface area (Å²) in [5.74, 6) is -0.314. The summed E-state index contributed by atoms with van der Waals surface area (Å²) in [4.78, 5) is 25.3. The van der Waals surface area contributed by atoms with E-state index in [1.54, 1.807) is 18.7 Å². The molecule has 1 fully saturated rings. The minimum atomic E-state index is -0.830. The molecule has 1 N–H and O–H groups in total. The highest BCUT2D eigenvalue weighted by atomic mass is 16.2. The lowest BCUT2D eigenvalue weighted by Crippen LogP contribution is -2.63. The van der Waals surface area contributed by atoms with E-state index in [0.717, 1.165) is 0 Å². The maximum absolute atomic E-state index is 12.1. The van der Waals surface area contributed by atoms with E-state index in [1.165, 1.54) is 11.0 Å². The molecule has 17 heavy (non-hydrogen) atoms. The van der Waals surface area contributed by atoms with Gasteiger partial charge in [-0.1, -0.05) is 0 Å². The summed E-state index contributed by atoms with van der Waals surface area (Å²) >= 11 is 0. The second-order valence-corrected chi connectivity index (χ2v) is 4.37. The Kier molecular flexibility index (Phi) is 2.78. The third-order valence-corrected chi connectivity index (χ3v) is 2.84. The molecule has 0 aliphatic carbocycles. The van der Waals surface area contributed by atoms with E-state index in [2.05, 4.69) is 20.8 Å². The molecule has 0 unspecified atom stereocenters. The number of carbonyl (C=O) groups is 2. The monoisotopic (exact) mass is 238 g/mol. The van der Waals surface area contributed by atoms with Crippen LogP contribution in [0.15, 0.2) is 6.33 Å². The molecule has 1 aliphatic rings. The first-order chi connectivity index (χ1) is 8.01. The summed E-state index contributed by atoms with van der Waals surface area (Å²) in [6.07, 6.45) is 1.37. The van der Waals surface area contributed by atoms with Crippen molar-refractivity contribution in [2.24, 2.45) is 0 Å². The number of carbonyl (C=O) groups excluding carboxylic acids is 2. The summed E-state index contributed by atoms with van der Waals surface area (Å²) in [6, 6.07) is 0. The number of tetrazole rings is 1. The number of nitrogens with zero attached hydrogens (tertiary/aromatic N) is 5. The Balaban J connectivity index is 2.10. The van der Waals surface area contributed by atoms with Crippen LogP contribution in [0.3, 0.4) is 0 Å². The summed E-state index contributed by atoms with van der Waals surface area (Å²) in [5, 5.41) is 13.3. The minimum Gasteiger partial charge on any atom is -0.352 e. The molecular weight excluding hydrogens is 224 g/mol. The van der Waals surface area contributed by atoms with Crippen molar-refractivity contribution in [2.75, 3.05) is 13.1 Å². The lowest BCUT2D eigenvalue weighted by atomic mass is 9.99. The molecule has 0 atom stereocenters. The van der Waals surface area contributed by atoms with Gasteiger partial charge in [-0.15, -0.1) is 5.10 Å². The molecule has 0 bridgehead atoms. The van der Waals surface area contributed by atoms with Gasteiger partial charge in [-0.3, -0.25) is 9.59 Å². The van der Waals surface area contributed by atoms with Crippen LogP contribution in [0.5, 0.6) is 0 Å². The Morgan fingerprint density at radius 1 is 1.59 bits per heavy atom. The first kappa shape index (κ1) is 11.5. The van der Waals surface area contributed by atoms with E-state index in [-0.39, 0.29) is 18.4 Å². The van der Waals surface area contributed by atoms with E-state index in [4.69, 9.17) is 0 Å². The second-order valence-electron chi connectivity index (χ2n) is 4.37. The molecule has 0 spiro atoms. The van der Waals surface area contributed by atoms with Crippen molar-refractivity contribution in [3.8, 4) is 0 Å². The van der Waals surface area contributed by atoms with Crippen molar-refractivity contribution in [1.29, 1.82) is 0 Å². The van der Waals surface area contributed by atoms with Gasteiger partial charge in [0.25, 0.3) is 0 Å².